The van der Waals surface area contributed by atoms with Crippen molar-refractivity contribution in [3.8, 4) is 0 Å². The first-order chi connectivity index (χ1) is 14.6. The standard InChI is InChI=1S/C24H29Cl2N3O/c25-22-7-6-18(14-23(22)26)15-27-16-24(30)29-13-10-21(17-29)28-11-8-20(9-12-28)19-4-2-1-3-5-19/h1-7,14,20-21,27H,8-13,15-17H2. The van der Waals surface area contributed by atoms with Gasteiger partial charge < -0.3 is 10.2 Å². The number of nitrogens with zero attached hydrogens (tertiary/aromatic N) is 2. The average Bonchev–Trinajstić information content (AvgIpc) is 3.27. The molecule has 2 fully saturated rings. The highest BCUT2D eigenvalue weighted by molar-refractivity contribution is 6.42. The fraction of sp³-hybridized carbons (Fsp3) is 0.458. The Hall–Kier alpha value is -1.59. The van der Waals surface area contributed by atoms with Crippen molar-refractivity contribution in [2.75, 3.05) is 32.7 Å². The van der Waals surface area contributed by atoms with E-state index >= 15 is 0 Å². The minimum absolute atomic E-state index is 0.178. The van der Waals surface area contributed by atoms with Gasteiger partial charge in [0.05, 0.1) is 16.6 Å². The number of benzene rings is 2. The van der Waals surface area contributed by atoms with Crippen LogP contribution >= 0.6 is 23.2 Å². The minimum Gasteiger partial charge on any atom is -0.340 e. The minimum atomic E-state index is 0.178. The number of piperidine rings is 1. The molecule has 0 bridgehead atoms. The van der Waals surface area contributed by atoms with Crippen molar-refractivity contribution in [1.29, 1.82) is 0 Å². The molecule has 2 saturated heterocycles. The van der Waals surface area contributed by atoms with Crippen LogP contribution in [0.5, 0.6) is 0 Å². The van der Waals surface area contributed by atoms with E-state index in [9.17, 15) is 4.79 Å². The van der Waals surface area contributed by atoms with Gasteiger partial charge in [0.2, 0.25) is 5.91 Å². The topological polar surface area (TPSA) is 35.6 Å². The summed E-state index contributed by atoms with van der Waals surface area (Å²) in [6.45, 7) is 4.92. The summed E-state index contributed by atoms with van der Waals surface area (Å²) in [6, 6.07) is 16.9. The molecular formula is C24H29Cl2N3O. The van der Waals surface area contributed by atoms with Crippen LogP contribution < -0.4 is 5.32 Å². The monoisotopic (exact) mass is 445 g/mol. The number of amides is 1. The molecular weight excluding hydrogens is 417 g/mol. The van der Waals surface area contributed by atoms with Crippen LogP contribution in [0.4, 0.5) is 0 Å². The number of carbonyl (C=O) groups excluding carboxylic acids is 1. The number of carbonyl (C=O) groups is 1. The molecule has 30 heavy (non-hydrogen) atoms. The molecule has 4 nitrogen and oxygen atoms in total. The van der Waals surface area contributed by atoms with E-state index in [1.807, 2.05) is 17.0 Å². The van der Waals surface area contributed by atoms with Crippen LogP contribution in [0.2, 0.25) is 10.0 Å². The Morgan fingerprint density at radius 2 is 1.73 bits per heavy atom. The van der Waals surface area contributed by atoms with Crippen molar-refractivity contribution < 1.29 is 4.79 Å². The zero-order chi connectivity index (χ0) is 20.9. The summed E-state index contributed by atoms with van der Waals surface area (Å²) in [4.78, 5) is 17.2. The number of likely N-dealkylation sites (tertiary alicyclic amines) is 2. The fourth-order valence-electron chi connectivity index (χ4n) is 4.66. The molecule has 2 aromatic carbocycles. The van der Waals surface area contributed by atoms with Crippen LogP contribution in [0.25, 0.3) is 0 Å². The Bertz CT molecular complexity index is 853. The lowest BCUT2D eigenvalue weighted by Gasteiger charge is -2.36. The van der Waals surface area contributed by atoms with Crippen molar-refractivity contribution in [3.63, 3.8) is 0 Å². The molecule has 0 aliphatic carbocycles. The molecule has 1 N–H and O–H groups in total. The first-order valence-electron chi connectivity index (χ1n) is 10.8. The zero-order valence-electron chi connectivity index (χ0n) is 17.2. The van der Waals surface area contributed by atoms with E-state index < -0.39 is 0 Å². The van der Waals surface area contributed by atoms with Crippen LogP contribution in [0, 0.1) is 0 Å². The molecule has 4 rings (SSSR count). The maximum Gasteiger partial charge on any atom is 0.236 e. The summed E-state index contributed by atoms with van der Waals surface area (Å²) in [5, 5.41) is 4.33. The van der Waals surface area contributed by atoms with E-state index in [4.69, 9.17) is 23.2 Å². The maximum atomic E-state index is 12.6. The molecule has 6 heteroatoms. The van der Waals surface area contributed by atoms with Gasteiger partial charge in [-0.15, -0.1) is 0 Å². The molecule has 0 aromatic heterocycles. The normalized spacial score (nSPS) is 20.6. The number of hydrogen-bond donors (Lipinski definition) is 1. The quantitative estimate of drug-likeness (QED) is 0.707. The van der Waals surface area contributed by atoms with Gasteiger partial charge >= 0.3 is 0 Å². The number of rotatable bonds is 6. The molecule has 0 spiro atoms. The number of halogens is 2. The Balaban J connectivity index is 1.19. The molecule has 1 unspecified atom stereocenters. The summed E-state index contributed by atoms with van der Waals surface area (Å²) < 4.78 is 0. The van der Waals surface area contributed by atoms with E-state index in [0.29, 0.717) is 35.1 Å². The predicted octanol–water partition coefficient (Wildman–Crippen LogP) is 4.56. The number of hydrogen-bond acceptors (Lipinski definition) is 3. The van der Waals surface area contributed by atoms with Gasteiger partial charge in [-0.05, 0) is 61.5 Å². The van der Waals surface area contributed by atoms with Crippen molar-refractivity contribution in [3.05, 3.63) is 69.7 Å². The van der Waals surface area contributed by atoms with E-state index in [1.54, 1.807) is 6.07 Å². The van der Waals surface area contributed by atoms with Gasteiger partial charge in [0.15, 0.2) is 0 Å². The maximum absolute atomic E-state index is 12.6. The highest BCUT2D eigenvalue weighted by Gasteiger charge is 2.32. The summed E-state index contributed by atoms with van der Waals surface area (Å²) in [7, 11) is 0. The van der Waals surface area contributed by atoms with Gasteiger partial charge in [0.25, 0.3) is 0 Å². The molecule has 1 atom stereocenters. The van der Waals surface area contributed by atoms with Crippen LogP contribution in [0.3, 0.4) is 0 Å². The van der Waals surface area contributed by atoms with Gasteiger partial charge in [0, 0.05) is 25.7 Å². The van der Waals surface area contributed by atoms with Crippen molar-refractivity contribution in [2.45, 2.75) is 37.8 Å². The van der Waals surface area contributed by atoms with Crippen LogP contribution in [-0.4, -0.2) is 54.5 Å². The molecule has 0 saturated carbocycles. The Kier molecular flexibility index (Phi) is 7.32. The zero-order valence-corrected chi connectivity index (χ0v) is 18.7. The van der Waals surface area contributed by atoms with Gasteiger partial charge in [-0.3, -0.25) is 9.69 Å². The second-order valence-electron chi connectivity index (χ2n) is 8.36. The van der Waals surface area contributed by atoms with E-state index in [2.05, 4.69) is 40.5 Å². The molecule has 2 aliphatic heterocycles. The summed E-state index contributed by atoms with van der Waals surface area (Å²) in [6.07, 6.45) is 3.49. The summed E-state index contributed by atoms with van der Waals surface area (Å²) in [5.74, 6) is 0.851. The van der Waals surface area contributed by atoms with Gasteiger partial charge in [0.1, 0.15) is 0 Å². The van der Waals surface area contributed by atoms with Gasteiger partial charge in [-0.1, -0.05) is 59.6 Å². The average molecular weight is 446 g/mol. The lowest BCUT2D eigenvalue weighted by Crippen LogP contribution is -2.44. The predicted molar refractivity (Wildman–Crippen MR) is 123 cm³/mol. The molecule has 1 amide bonds. The summed E-state index contributed by atoms with van der Waals surface area (Å²) >= 11 is 12.0. The second-order valence-corrected chi connectivity index (χ2v) is 9.17. The largest absolute Gasteiger partial charge is 0.340 e. The Morgan fingerprint density at radius 3 is 2.47 bits per heavy atom. The van der Waals surface area contributed by atoms with Gasteiger partial charge in [-0.2, -0.15) is 0 Å². The van der Waals surface area contributed by atoms with Crippen LogP contribution in [0.1, 0.15) is 36.3 Å². The Morgan fingerprint density at radius 1 is 0.967 bits per heavy atom. The van der Waals surface area contributed by atoms with Crippen LogP contribution in [-0.2, 0) is 11.3 Å². The van der Waals surface area contributed by atoms with Crippen LogP contribution in [0.15, 0.2) is 48.5 Å². The second kappa shape index (κ2) is 10.1. The highest BCUT2D eigenvalue weighted by atomic mass is 35.5. The Labute approximate surface area is 189 Å². The van der Waals surface area contributed by atoms with Crippen molar-refractivity contribution in [1.82, 2.24) is 15.1 Å². The lowest BCUT2D eigenvalue weighted by molar-refractivity contribution is -0.129. The third-order valence-corrected chi connectivity index (χ3v) is 7.16. The smallest absolute Gasteiger partial charge is 0.236 e. The summed E-state index contributed by atoms with van der Waals surface area (Å²) in [5.41, 5.74) is 2.49. The number of nitrogens with one attached hydrogen (secondary N) is 1. The van der Waals surface area contributed by atoms with E-state index in [-0.39, 0.29) is 5.91 Å². The van der Waals surface area contributed by atoms with E-state index in [0.717, 1.165) is 38.2 Å². The third kappa shape index (κ3) is 5.36. The first-order valence-corrected chi connectivity index (χ1v) is 11.6. The SMILES string of the molecule is O=C(CNCc1ccc(Cl)c(Cl)c1)N1CCC(N2CCC(c3ccccc3)CC2)C1. The fourth-order valence-corrected chi connectivity index (χ4v) is 4.99. The molecule has 0 radical (unpaired) electrons. The van der Waals surface area contributed by atoms with Crippen molar-refractivity contribution in [2.24, 2.45) is 0 Å². The lowest BCUT2D eigenvalue weighted by atomic mass is 9.89. The highest BCUT2D eigenvalue weighted by Crippen LogP contribution is 2.30. The molecule has 2 aliphatic rings. The molecule has 160 valence electrons. The molecule has 2 aromatic rings. The molecule has 2 heterocycles. The van der Waals surface area contributed by atoms with E-state index in [1.165, 1.54) is 18.4 Å². The van der Waals surface area contributed by atoms with Gasteiger partial charge in [-0.25, -0.2) is 0 Å². The van der Waals surface area contributed by atoms with Crippen molar-refractivity contribution >= 4 is 29.1 Å². The third-order valence-electron chi connectivity index (χ3n) is 6.42. The first kappa shape index (κ1) is 21.6.